The molecule has 1 N–H and O–H groups in total. The molecule has 3 heteroatoms. The number of hydrogen-bond acceptors (Lipinski definition) is 3. The summed E-state index contributed by atoms with van der Waals surface area (Å²) in [4.78, 5) is 7.02. The fourth-order valence-electron chi connectivity index (χ4n) is 2.13. The van der Waals surface area contributed by atoms with E-state index in [9.17, 15) is 0 Å². The van der Waals surface area contributed by atoms with E-state index < -0.39 is 0 Å². The molecule has 0 aliphatic heterocycles. The number of hydrogen-bond donors (Lipinski definition) is 1. The Labute approximate surface area is 104 Å². The average molecular weight is 233 g/mol. The first-order valence-corrected chi connectivity index (χ1v) is 6.71. The Balaban J connectivity index is 2.08. The topological polar surface area (TPSA) is 28.2 Å². The van der Waals surface area contributed by atoms with Crippen LogP contribution in [0.25, 0.3) is 0 Å². The van der Waals surface area contributed by atoms with E-state index in [4.69, 9.17) is 0 Å². The van der Waals surface area contributed by atoms with E-state index in [0.717, 1.165) is 24.9 Å². The minimum atomic E-state index is 0.749. The van der Waals surface area contributed by atoms with Crippen LogP contribution in [0.5, 0.6) is 0 Å². The summed E-state index contributed by atoms with van der Waals surface area (Å²) in [5.41, 5.74) is 1.32. The summed E-state index contributed by atoms with van der Waals surface area (Å²) in [5, 5.41) is 3.19. The van der Waals surface area contributed by atoms with Gasteiger partial charge in [0.1, 0.15) is 5.82 Å². The molecule has 1 fully saturated rings. The van der Waals surface area contributed by atoms with Crippen molar-refractivity contribution >= 4 is 5.82 Å². The molecular weight excluding hydrogens is 210 g/mol. The van der Waals surface area contributed by atoms with Crippen molar-refractivity contribution < 1.29 is 0 Å². The lowest BCUT2D eigenvalue weighted by Gasteiger charge is -2.23. The van der Waals surface area contributed by atoms with Gasteiger partial charge in [-0.1, -0.05) is 13.3 Å². The second-order valence-electron chi connectivity index (χ2n) is 4.83. The molecule has 0 atom stereocenters. The fourth-order valence-corrected chi connectivity index (χ4v) is 2.13. The molecule has 3 nitrogen and oxygen atoms in total. The van der Waals surface area contributed by atoms with Crippen molar-refractivity contribution in [1.82, 2.24) is 10.3 Å². The average Bonchev–Trinajstić information content (AvgIpc) is 3.15. The predicted molar refractivity (Wildman–Crippen MR) is 72.3 cm³/mol. The van der Waals surface area contributed by atoms with E-state index in [1.807, 2.05) is 13.2 Å². The molecule has 0 spiro atoms. The van der Waals surface area contributed by atoms with Crippen molar-refractivity contribution in [2.45, 2.75) is 45.2 Å². The normalized spacial score (nSPS) is 14.9. The lowest BCUT2D eigenvalue weighted by Crippen LogP contribution is -2.27. The van der Waals surface area contributed by atoms with Gasteiger partial charge in [0, 0.05) is 25.3 Å². The molecule has 0 aromatic carbocycles. The summed E-state index contributed by atoms with van der Waals surface area (Å²) in [5.74, 6) is 1.16. The number of unbranched alkanes of at least 4 members (excludes halogenated alkanes) is 1. The Morgan fingerprint density at radius 1 is 1.47 bits per heavy atom. The van der Waals surface area contributed by atoms with Crippen molar-refractivity contribution in [2.24, 2.45) is 0 Å². The van der Waals surface area contributed by atoms with Crippen molar-refractivity contribution in [3.05, 3.63) is 23.9 Å². The number of rotatable bonds is 7. The molecule has 0 radical (unpaired) electrons. The minimum absolute atomic E-state index is 0.749. The Morgan fingerprint density at radius 3 is 2.94 bits per heavy atom. The second-order valence-corrected chi connectivity index (χ2v) is 4.83. The maximum absolute atomic E-state index is 4.53. The molecule has 1 saturated carbocycles. The summed E-state index contributed by atoms with van der Waals surface area (Å²) in [6.07, 6.45) is 7.11. The minimum Gasteiger partial charge on any atom is -0.354 e. The number of nitrogens with one attached hydrogen (secondary N) is 1. The highest BCUT2D eigenvalue weighted by Crippen LogP contribution is 2.31. The van der Waals surface area contributed by atoms with E-state index in [-0.39, 0.29) is 0 Å². The highest BCUT2D eigenvalue weighted by molar-refractivity contribution is 5.43. The van der Waals surface area contributed by atoms with Gasteiger partial charge in [-0.2, -0.15) is 0 Å². The van der Waals surface area contributed by atoms with Gasteiger partial charge in [0.05, 0.1) is 0 Å². The molecule has 0 saturated heterocycles. The first kappa shape index (κ1) is 12.4. The lowest BCUT2D eigenvalue weighted by atomic mass is 10.2. The summed E-state index contributed by atoms with van der Waals surface area (Å²) >= 11 is 0. The molecule has 1 heterocycles. The number of nitrogens with zero attached hydrogens (tertiary/aromatic N) is 2. The van der Waals surface area contributed by atoms with Crippen LogP contribution in [0.2, 0.25) is 0 Å². The monoisotopic (exact) mass is 233 g/mol. The molecule has 94 valence electrons. The summed E-state index contributed by atoms with van der Waals surface area (Å²) in [6.45, 7) is 4.31. The molecule has 1 aromatic heterocycles. The summed E-state index contributed by atoms with van der Waals surface area (Å²) in [6, 6.07) is 5.06. The molecule has 0 amide bonds. The summed E-state index contributed by atoms with van der Waals surface area (Å²) in [7, 11) is 1.98. The van der Waals surface area contributed by atoms with Gasteiger partial charge in [0.15, 0.2) is 0 Å². The van der Waals surface area contributed by atoms with Crippen LogP contribution in [0.4, 0.5) is 5.82 Å². The molecule has 2 rings (SSSR count). The van der Waals surface area contributed by atoms with Gasteiger partial charge in [-0.15, -0.1) is 0 Å². The van der Waals surface area contributed by atoms with E-state index >= 15 is 0 Å². The highest BCUT2D eigenvalue weighted by Gasteiger charge is 2.29. The Hall–Kier alpha value is -1.09. The fraction of sp³-hybridized carbons (Fsp3) is 0.643. The number of aromatic nitrogens is 1. The van der Waals surface area contributed by atoms with Crippen molar-refractivity contribution in [1.29, 1.82) is 0 Å². The predicted octanol–water partition coefficient (Wildman–Crippen LogP) is 2.57. The lowest BCUT2D eigenvalue weighted by molar-refractivity contribution is 0.703. The first-order valence-electron chi connectivity index (χ1n) is 6.71. The van der Waals surface area contributed by atoms with Crippen molar-refractivity contribution in [3.63, 3.8) is 0 Å². The van der Waals surface area contributed by atoms with Crippen molar-refractivity contribution in [3.8, 4) is 0 Å². The van der Waals surface area contributed by atoms with Gasteiger partial charge < -0.3 is 10.2 Å². The Morgan fingerprint density at radius 2 is 2.29 bits per heavy atom. The molecule has 1 aromatic rings. The molecule has 0 bridgehead atoms. The summed E-state index contributed by atoms with van der Waals surface area (Å²) < 4.78 is 0. The van der Waals surface area contributed by atoms with E-state index in [0.29, 0.717) is 0 Å². The zero-order chi connectivity index (χ0) is 12.1. The third-order valence-corrected chi connectivity index (χ3v) is 3.23. The van der Waals surface area contributed by atoms with Gasteiger partial charge in [-0.25, -0.2) is 4.98 Å². The van der Waals surface area contributed by atoms with Gasteiger partial charge in [0.2, 0.25) is 0 Å². The van der Waals surface area contributed by atoms with Crippen LogP contribution in [0.15, 0.2) is 18.3 Å². The van der Waals surface area contributed by atoms with Crippen molar-refractivity contribution in [2.75, 3.05) is 18.5 Å². The Bertz CT molecular complexity index is 347. The zero-order valence-corrected chi connectivity index (χ0v) is 10.9. The number of anilines is 1. The molecule has 1 aliphatic carbocycles. The van der Waals surface area contributed by atoms with Crippen LogP contribution in [0.1, 0.15) is 38.2 Å². The van der Waals surface area contributed by atoms with E-state index in [2.05, 4.69) is 34.3 Å². The number of pyridine rings is 1. The van der Waals surface area contributed by atoms with Crippen LogP contribution in [-0.2, 0) is 6.54 Å². The second kappa shape index (κ2) is 6.01. The van der Waals surface area contributed by atoms with Crippen LogP contribution >= 0.6 is 0 Å². The van der Waals surface area contributed by atoms with Gasteiger partial charge in [-0.05, 0) is 44.0 Å². The Kier molecular flexibility index (Phi) is 4.37. The van der Waals surface area contributed by atoms with Crippen LogP contribution < -0.4 is 10.2 Å². The third kappa shape index (κ3) is 3.43. The highest BCUT2D eigenvalue weighted by atomic mass is 15.2. The van der Waals surface area contributed by atoms with Gasteiger partial charge in [0.25, 0.3) is 0 Å². The largest absolute Gasteiger partial charge is 0.354 e. The van der Waals surface area contributed by atoms with Crippen LogP contribution in [-0.4, -0.2) is 24.6 Å². The zero-order valence-electron chi connectivity index (χ0n) is 10.9. The van der Waals surface area contributed by atoms with Gasteiger partial charge in [-0.3, -0.25) is 0 Å². The molecule has 0 unspecified atom stereocenters. The van der Waals surface area contributed by atoms with Gasteiger partial charge >= 0.3 is 0 Å². The quantitative estimate of drug-likeness (QED) is 0.784. The van der Waals surface area contributed by atoms with E-state index in [1.54, 1.807) is 0 Å². The maximum Gasteiger partial charge on any atom is 0.129 e. The standard InChI is InChI=1S/C14H23N3/c1-3-4-9-17(13-5-6-13)14-10-12(11-15-2)7-8-16-14/h7-8,10,13,15H,3-6,9,11H2,1-2H3. The molecule has 1 aliphatic rings. The third-order valence-electron chi connectivity index (χ3n) is 3.23. The molecular formula is C14H23N3. The smallest absolute Gasteiger partial charge is 0.129 e. The maximum atomic E-state index is 4.53. The molecule has 17 heavy (non-hydrogen) atoms. The SMILES string of the molecule is CCCCN(c1cc(CNC)ccn1)C1CC1. The van der Waals surface area contributed by atoms with Crippen LogP contribution in [0.3, 0.4) is 0 Å². The first-order chi connectivity index (χ1) is 8.35. The van der Waals surface area contributed by atoms with E-state index in [1.165, 1.54) is 31.2 Å². The van der Waals surface area contributed by atoms with Crippen LogP contribution in [0, 0.1) is 0 Å².